The van der Waals surface area contributed by atoms with Crippen LogP contribution in [0.5, 0.6) is 5.75 Å². The number of rotatable bonds is 2. The van der Waals surface area contributed by atoms with Crippen LogP contribution in [0.3, 0.4) is 0 Å². The number of anilines is 1. The standard InChI is InChI=1S/C17H16ClNO2/c1-21-15-8-9-16-13(11-15)3-2-10-19(16)17(20)12-4-6-14(18)7-5-12/h4-9,11H,2-3,10H2,1H3. The molecule has 21 heavy (non-hydrogen) atoms. The van der Waals surface area contributed by atoms with Crippen molar-refractivity contribution in [1.29, 1.82) is 0 Å². The second-order valence-electron chi connectivity index (χ2n) is 5.06. The Morgan fingerprint density at radius 2 is 1.95 bits per heavy atom. The van der Waals surface area contributed by atoms with Crippen molar-refractivity contribution in [1.82, 2.24) is 0 Å². The predicted molar refractivity (Wildman–Crippen MR) is 84.4 cm³/mol. The molecule has 0 radical (unpaired) electrons. The fourth-order valence-corrected chi connectivity index (χ4v) is 2.79. The van der Waals surface area contributed by atoms with Gasteiger partial charge in [0.05, 0.1) is 7.11 Å². The van der Waals surface area contributed by atoms with Crippen molar-refractivity contribution in [3.8, 4) is 5.75 Å². The third-order valence-electron chi connectivity index (χ3n) is 3.74. The van der Waals surface area contributed by atoms with Crippen LogP contribution in [0.4, 0.5) is 5.69 Å². The molecule has 1 heterocycles. The first kappa shape index (κ1) is 14.0. The quantitative estimate of drug-likeness (QED) is 0.841. The number of halogens is 1. The molecule has 0 bridgehead atoms. The van der Waals surface area contributed by atoms with Gasteiger partial charge in [0.2, 0.25) is 0 Å². The summed E-state index contributed by atoms with van der Waals surface area (Å²) in [4.78, 5) is 14.5. The molecule has 1 aliphatic rings. The Hall–Kier alpha value is -2.00. The maximum absolute atomic E-state index is 12.7. The van der Waals surface area contributed by atoms with E-state index in [9.17, 15) is 4.79 Å². The highest BCUT2D eigenvalue weighted by Crippen LogP contribution is 2.31. The van der Waals surface area contributed by atoms with E-state index in [1.54, 1.807) is 31.4 Å². The molecule has 2 aromatic rings. The van der Waals surface area contributed by atoms with Crippen LogP contribution in [0.2, 0.25) is 5.02 Å². The van der Waals surface area contributed by atoms with Gasteiger partial charge in [0.15, 0.2) is 0 Å². The number of fused-ring (bicyclic) bond motifs is 1. The number of amides is 1. The summed E-state index contributed by atoms with van der Waals surface area (Å²) in [6, 6.07) is 12.9. The van der Waals surface area contributed by atoms with Crippen LogP contribution in [-0.4, -0.2) is 19.6 Å². The molecule has 0 unspecified atom stereocenters. The van der Waals surface area contributed by atoms with Crippen LogP contribution >= 0.6 is 11.6 Å². The lowest BCUT2D eigenvalue weighted by atomic mass is 10.0. The highest BCUT2D eigenvalue weighted by molar-refractivity contribution is 6.30. The van der Waals surface area contributed by atoms with Crippen molar-refractivity contribution in [3.05, 3.63) is 58.6 Å². The number of hydrogen-bond acceptors (Lipinski definition) is 2. The topological polar surface area (TPSA) is 29.5 Å². The monoisotopic (exact) mass is 301 g/mol. The van der Waals surface area contributed by atoms with Gasteiger partial charge in [-0.15, -0.1) is 0 Å². The summed E-state index contributed by atoms with van der Waals surface area (Å²) in [5.74, 6) is 0.840. The molecular weight excluding hydrogens is 286 g/mol. The first-order valence-corrected chi connectivity index (χ1v) is 7.31. The minimum absolute atomic E-state index is 0.0118. The zero-order valence-corrected chi connectivity index (χ0v) is 12.6. The van der Waals surface area contributed by atoms with Crippen molar-refractivity contribution in [3.63, 3.8) is 0 Å². The van der Waals surface area contributed by atoms with Gasteiger partial charge in [-0.25, -0.2) is 0 Å². The maximum atomic E-state index is 12.7. The summed E-state index contributed by atoms with van der Waals surface area (Å²) in [5.41, 5.74) is 2.79. The van der Waals surface area contributed by atoms with E-state index in [1.165, 1.54) is 0 Å². The summed E-state index contributed by atoms with van der Waals surface area (Å²) in [6.45, 7) is 0.737. The molecule has 108 valence electrons. The highest BCUT2D eigenvalue weighted by atomic mass is 35.5. The van der Waals surface area contributed by atoms with Crippen LogP contribution in [0.25, 0.3) is 0 Å². The average Bonchev–Trinajstić information content (AvgIpc) is 2.53. The van der Waals surface area contributed by atoms with Crippen molar-refractivity contribution in [2.24, 2.45) is 0 Å². The third kappa shape index (κ3) is 2.74. The fraction of sp³-hybridized carbons (Fsp3) is 0.235. The van der Waals surface area contributed by atoms with Gasteiger partial charge in [-0.2, -0.15) is 0 Å². The Morgan fingerprint density at radius 1 is 1.19 bits per heavy atom. The SMILES string of the molecule is COc1ccc2c(c1)CCCN2C(=O)c1ccc(Cl)cc1. The smallest absolute Gasteiger partial charge is 0.258 e. The van der Waals surface area contributed by atoms with E-state index in [4.69, 9.17) is 16.3 Å². The van der Waals surface area contributed by atoms with E-state index in [1.807, 2.05) is 23.1 Å². The molecule has 3 nitrogen and oxygen atoms in total. The lowest BCUT2D eigenvalue weighted by Gasteiger charge is -2.30. The first-order valence-electron chi connectivity index (χ1n) is 6.93. The highest BCUT2D eigenvalue weighted by Gasteiger charge is 2.23. The van der Waals surface area contributed by atoms with Gasteiger partial charge in [-0.05, 0) is 60.9 Å². The van der Waals surface area contributed by atoms with Gasteiger partial charge < -0.3 is 9.64 Å². The summed E-state index contributed by atoms with van der Waals surface area (Å²) in [6.07, 6.45) is 1.93. The van der Waals surface area contributed by atoms with Gasteiger partial charge in [-0.1, -0.05) is 11.6 Å². The molecule has 0 aliphatic carbocycles. The second kappa shape index (κ2) is 5.78. The second-order valence-corrected chi connectivity index (χ2v) is 5.50. The summed E-state index contributed by atoms with van der Waals surface area (Å²) in [7, 11) is 1.65. The van der Waals surface area contributed by atoms with Gasteiger partial charge in [0.25, 0.3) is 5.91 Å². The van der Waals surface area contributed by atoms with E-state index >= 15 is 0 Å². The molecule has 0 fully saturated rings. The largest absolute Gasteiger partial charge is 0.497 e. The number of benzene rings is 2. The van der Waals surface area contributed by atoms with E-state index in [0.29, 0.717) is 10.6 Å². The molecule has 1 aliphatic heterocycles. The molecule has 0 N–H and O–H groups in total. The predicted octanol–water partition coefficient (Wildman–Crippen LogP) is 3.94. The van der Waals surface area contributed by atoms with E-state index in [0.717, 1.165) is 36.4 Å². The number of ether oxygens (including phenoxy) is 1. The molecule has 1 amide bonds. The Morgan fingerprint density at radius 3 is 2.67 bits per heavy atom. The molecule has 0 atom stereocenters. The van der Waals surface area contributed by atoms with Crippen molar-refractivity contribution in [2.45, 2.75) is 12.8 Å². The number of aryl methyl sites for hydroxylation is 1. The molecule has 0 aromatic heterocycles. The zero-order chi connectivity index (χ0) is 14.8. The van der Waals surface area contributed by atoms with E-state index in [-0.39, 0.29) is 5.91 Å². The Kier molecular flexibility index (Phi) is 3.84. The van der Waals surface area contributed by atoms with Crippen molar-refractivity contribution < 1.29 is 9.53 Å². The Balaban J connectivity index is 1.94. The first-order chi connectivity index (χ1) is 10.2. The number of hydrogen-bond donors (Lipinski definition) is 0. The summed E-state index contributed by atoms with van der Waals surface area (Å²) >= 11 is 5.88. The van der Waals surface area contributed by atoms with E-state index < -0.39 is 0 Å². The van der Waals surface area contributed by atoms with Gasteiger partial charge in [0.1, 0.15) is 5.75 Å². The average molecular weight is 302 g/mol. The number of carbonyl (C=O) groups is 1. The molecule has 4 heteroatoms. The molecule has 2 aromatic carbocycles. The minimum atomic E-state index is 0.0118. The third-order valence-corrected chi connectivity index (χ3v) is 3.99. The maximum Gasteiger partial charge on any atom is 0.258 e. The van der Waals surface area contributed by atoms with Crippen LogP contribution in [0, 0.1) is 0 Å². The lowest BCUT2D eigenvalue weighted by Crippen LogP contribution is -2.35. The summed E-state index contributed by atoms with van der Waals surface area (Å²) < 4.78 is 5.26. The molecule has 0 saturated heterocycles. The van der Waals surface area contributed by atoms with Crippen molar-refractivity contribution in [2.75, 3.05) is 18.6 Å². The molecule has 3 rings (SSSR count). The van der Waals surface area contributed by atoms with Gasteiger partial charge in [-0.3, -0.25) is 4.79 Å². The van der Waals surface area contributed by atoms with Crippen LogP contribution in [-0.2, 0) is 6.42 Å². The van der Waals surface area contributed by atoms with Gasteiger partial charge in [0, 0.05) is 22.8 Å². The van der Waals surface area contributed by atoms with Crippen LogP contribution in [0.1, 0.15) is 22.3 Å². The number of carbonyl (C=O) groups excluding carboxylic acids is 1. The Labute approximate surface area is 129 Å². The van der Waals surface area contributed by atoms with Crippen molar-refractivity contribution >= 4 is 23.2 Å². The number of nitrogens with zero attached hydrogens (tertiary/aromatic N) is 1. The van der Waals surface area contributed by atoms with E-state index in [2.05, 4.69) is 0 Å². The summed E-state index contributed by atoms with van der Waals surface area (Å²) in [5, 5.41) is 0.635. The zero-order valence-electron chi connectivity index (χ0n) is 11.8. The molecule has 0 spiro atoms. The normalized spacial score (nSPS) is 13.7. The fourth-order valence-electron chi connectivity index (χ4n) is 2.66. The minimum Gasteiger partial charge on any atom is -0.497 e. The lowest BCUT2D eigenvalue weighted by molar-refractivity contribution is 0.0985. The number of methoxy groups -OCH3 is 1. The Bertz CT molecular complexity index is 667. The molecular formula is C17H16ClNO2. The van der Waals surface area contributed by atoms with Gasteiger partial charge >= 0.3 is 0 Å². The van der Waals surface area contributed by atoms with Crippen LogP contribution in [0.15, 0.2) is 42.5 Å². The van der Waals surface area contributed by atoms with Crippen LogP contribution < -0.4 is 9.64 Å². The molecule has 0 saturated carbocycles.